The molecule has 2 N–H and O–H groups in total. The van der Waals surface area contributed by atoms with Gasteiger partial charge in [0.1, 0.15) is 23.3 Å². The van der Waals surface area contributed by atoms with Crippen molar-refractivity contribution in [1.82, 2.24) is 9.55 Å². The maximum atomic E-state index is 5.90. The van der Waals surface area contributed by atoms with Crippen LogP contribution in [0.25, 0.3) is 0 Å². The van der Waals surface area contributed by atoms with Crippen molar-refractivity contribution in [3.05, 3.63) is 47.0 Å². The topological polar surface area (TPSA) is 53.1 Å². The second-order valence-corrected chi connectivity index (χ2v) is 4.59. The van der Waals surface area contributed by atoms with Gasteiger partial charge < -0.3 is 15.0 Å². The molecule has 1 atom stereocenters. The highest BCUT2D eigenvalue weighted by atomic mass is 35.5. The second kappa shape index (κ2) is 5.42. The number of imidazole rings is 1. The van der Waals surface area contributed by atoms with E-state index < -0.39 is 0 Å². The van der Waals surface area contributed by atoms with Gasteiger partial charge in [-0.25, -0.2) is 4.98 Å². The molecule has 0 bridgehead atoms. The molecule has 18 heavy (non-hydrogen) atoms. The first-order valence-electron chi connectivity index (χ1n) is 5.72. The van der Waals surface area contributed by atoms with Gasteiger partial charge in [0, 0.05) is 13.1 Å². The molecule has 0 aliphatic carbocycles. The van der Waals surface area contributed by atoms with Gasteiger partial charge in [-0.15, -0.1) is 0 Å². The minimum Gasteiger partial charge on any atom is -0.486 e. The largest absolute Gasteiger partial charge is 0.486 e. The Balaban J connectivity index is 2.00. The van der Waals surface area contributed by atoms with Gasteiger partial charge in [0.2, 0.25) is 0 Å². The summed E-state index contributed by atoms with van der Waals surface area (Å²) in [5, 5.41) is 0.598. The molecular weight excluding hydrogens is 250 g/mol. The summed E-state index contributed by atoms with van der Waals surface area (Å²) >= 11 is 5.90. The molecular formula is C13H16ClN3O. The zero-order valence-corrected chi connectivity index (χ0v) is 11.2. The van der Waals surface area contributed by atoms with Crippen LogP contribution >= 0.6 is 11.6 Å². The fourth-order valence-electron chi connectivity index (χ4n) is 1.57. The quantitative estimate of drug-likeness (QED) is 0.925. The number of aromatic nitrogens is 2. The smallest absolute Gasteiger partial charge is 0.147 e. The van der Waals surface area contributed by atoms with E-state index in [1.807, 2.05) is 38.2 Å². The Kier molecular flexibility index (Phi) is 3.89. The van der Waals surface area contributed by atoms with Crippen molar-refractivity contribution in [1.29, 1.82) is 0 Å². The third-order valence-electron chi connectivity index (χ3n) is 2.80. The van der Waals surface area contributed by atoms with Crippen LogP contribution in [0, 0.1) is 0 Å². The highest BCUT2D eigenvalue weighted by molar-refractivity contribution is 6.29. The summed E-state index contributed by atoms with van der Waals surface area (Å²) in [5.74, 6) is 1.58. The Hall–Kier alpha value is -1.52. The van der Waals surface area contributed by atoms with E-state index in [1.165, 1.54) is 0 Å². The lowest BCUT2D eigenvalue weighted by Gasteiger charge is -2.09. The molecule has 2 rings (SSSR count). The summed E-state index contributed by atoms with van der Waals surface area (Å²) in [7, 11) is 1.85. The summed E-state index contributed by atoms with van der Waals surface area (Å²) < 4.78 is 7.43. The number of benzene rings is 1. The first-order chi connectivity index (χ1) is 8.58. The monoisotopic (exact) mass is 265 g/mol. The predicted octanol–water partition coefficient (Wildman–Crippen LogP) is 2.67. The van der Waals surface area contributed by atoms with Gasteiger partial charge in [0.15, 0.2) is 0 Å². The minimum absolute atomic E-state index is 0.0346. The molecule has 0 aliphatic heterocycles. The van der Waals surface area contributed by atoms with E-state index >= 15 is 0 Å². The summed E-state index contributed by atoms with van der Waals surface area (Å²) in [4.78, 5) is 4.16. The molecule has 0 amide bonds. The van der Waals surface area contributed by atoms with E-state index in [2.05, 4.69) is 4.98 Å². The molecule has 96 valence electrons. The molecule has 0 saturated heterocycles. The minimum atomic E-state index is 0.0346. The van der Waals surface area contributed by atoms with Crippen molar-refractivity contribution in [2.75, 3.05) is 0 Å². The van der Waals surface area contributed by atoms with Crippen molar-refractivity contribution in [2.45, 2.75) is 19.6 Å². The average molecular weight is 266 g/mol. The zero-order valence-electron chi connectivity index (χ0n) is 10.4. The lowest BCUT2D eigenvalue weighted by Crippen LogP contribution is -2.05. The fraction of sp³-hybridized carbons (Fsp3) is 0.308. The van der Waals surface area contributed by atoms with Crippen LogP contribution in [-0.4, -0.2) is 9.55 Å². The molecule has 2 aromatic rings. The lowest BCUT2D eigenvalue weighted by atomic mass is 10.1. The average Bonchev–Trinajstić information content (AvgIpc) is 2.68. The van der Waals surface area contributed by atoms with E-state index in [1.54, 1.807) is 10.8 Å². The molecule has 0 fully saturated rings. The van der Waals surface area contributed by atoms with Gasteiger partial charge in [-0.05, 0) is 24.6 Å². The Labute approximate surface area is 111 Å². The Morgan fingerprint density at radius 1 is 1.39 bits per heavy atom. The highest BCUT2D eigenvalue weighted by Crippen LogP contribution is 2.17. The zero-order chi connectivity index (χ0) is 13.1. The van der Waals surface area contributed by atoms with E-state index in [0.717, 1.165) is 17.1 Å². The van der Waals surface area contributed by atoms with E-state index in [-0.39, 0.29) is 6.04 Å². The molecule has 1 heterocycles. The SMILES string of the molecule is C[C@H](N)c1ccc(OCc2ncc(Cl)n2C)cc1. The van der Waals surface area contributed by atoms with Gasteiger partial charge in [0.05, 0.1) is 6.20 Å². The Bertz CT molecular complexity index is 520. The first kappa shape index (κ1) is 12.9. The van der Waals surface area contributed by atoms with Crippen LogP contribution in [-0.2, 0) is 13.7 Å². The summed E-state index contributed by atoms with van der Waals surface area (Å²) in [6.45, 7) is 2.34. The van der Waals surface area contributed by atoms with Crippen LogP contribution in [0.4, 0.5) is 0 Å². The van der Waals surface area contributed by atoms with Gasteiger partial charge in [-0.3, -0.25) is 0 Å². The standard InChI is InChI=1S/C13H16ClN3O/c1-9(15)10-3-5-11(6-4-10)18-8-13-16-7-12(14)17(13)2/h3-7,9H,8,15H2,1-2H3/t9-/m0/s1. The van der Waals surface area contributed by atoms with Crippen LogP contribution in [0.2, 0.25) is 5.15 Å². The van der Waals surface area contributed by atoms with Gasteiger partial charge in [-0.1, -0.05) is 23.7 Å². The number of halogens is 1. The number of hydrogen-bond acceptors (Lipinski definition) is 3. The van der Waals surface area contributed by atoms with Gasteiger partial charge >= 0.3 is 0 Å². The lowest BCUT2D eigenvalue weighted by molar-refractivity contribution is 0.291. The van der Waals surface area contributed by atoms with E-state index in [0.29, 0.717) is 11.8 Å². The number of nitrogens with zero attached hydrogens (tertiary/aromatic N) is 2. The van der Waals surface area contributed by atoms with Crippen LogP contribution in [0.3, 0.4) is 0 Å². The Morgan fingerprint density at radius 3 is 2.56 bits per heavy atom. The van der Waals surface area contributed by atoms with Crippen molar-refractivity contribution in [2.24, 2.45) is 12.8 Å². The van der Waals surface area contributed by atoms with Crippen molar-refractivity contribution in [3.8, 4) is 5.75 Å². The number of rotatable bonds is 4. The molecule has 1 aromatic heterocycles. The van der Waals surface area contributed by atoms with Crippen LogP contribution < -0.4 is 10.5 Å². The summed E-state index contributed by atoms with van der Waals surface area (Å²) in [6.07, 6.45) is 1.61. The molecule has 0 spiro atoms. The van der Waals surface area contributed by atoms with Gasteiger partial charge in [0.25, 0.3) is 0 Å². The van der Waals surface area contributed by atoms with Crippen LogP contribution in [0.1, 0.15) is 24.4 Å². The molecule has 4 nitrogen and oxygen atoms in total. The van der Waals surface area contributed by atoms with Gasteiger partial charge in [-0.2, -0.15) is 0 Å². The van der Waals surface area contributed by atoms with Crippen molar-refractivity contribution >= 4 is 11.6 Å². The summed E-state index contributed by atoms with van der Waals surface area (Å²) in [6, 6.07) is 7.77. The number of hydrogen-bond donors (Lipinski definition) is 1. The summed E-state index contributed by atoms with van der Waals surface area (Å²) in [5.41, 5.74) is 6.87. The second-order valence-electron chi connectivity index (χ2n) is 4.20. The fourth-order valence-corrected chi connectivity index (χ4v) is 1.72. The maximum Gasteiger partial charge on any atom is 0.147 e. The number of nitrogens with two attached hydrogens (primary N) is 1. The normalized spacial score (nSPS) is 12.4. The van der Waals surface area contributed by atoms with E-state index in [4.69, 9.17) is 22.1 Å². The highest BCUT2D eigenvalue weighted by Gasteiger charge is 2.05. The molecule has 1 aromatic carbocycles. The van der Waals surface area contributed by atoms with Crippen molar-refractivity contribution < 1.29 is 4.74 Å². The van der Waals surface area contributed by atoms with Crippen molar-refractivity contribution in [3.63, 3.8) is 0 Å². The number of ether oxygens (including phenoxy) is 1. The predicted molar refractivity (Wildman–Crippen MR) is 71.6 cm³/mol. The van der Waals surface area contributed by atoms with Crippen LogP contribution in [0.15, 0.2) is 30.5 Å². The molecule has 0 radical (unpaired) electrons. The Morgan fingerprint density at radius 2 is 2.06 bits per heavy atom. The third-order valence-corrected chi connectivity index (χ3v) is 3.15. The third kappa shape index (κ3) is 2.83. The molecule has 0 saturated carbocycles. The first-order valence-corrected chi connectivity index (χ1v) is 6.10. The van der Waals surface area contributed by atoms with E-state index in [9.17, 15) is 0 Å². The molecule has 5 heteroatoms. The van der Waals surface area contributed by atoms with Crippen LogP contribution in [0.5, 0.6) is 5.75 Å². The molecule has 0 unspecified atom stereocenters. The maximum absolute atomic E-state index is 5.90. The molecule has 0 aliphatic rings.